The van der Waals surface area contributed by atoms with E-state index in [-0.39, 0.29) is 5.91 Å². The number of nitrogens with one attached hydrogen (secondary N) is 1. The molecule has 0 spiro atoms. The van der Waals surface area contributed by atoms with E-state index in [1.54, 1.807) is 25.2 Å². The van der Waals surface area contributed by atoms with Gasteiger partial charge in [0.25, 0.3) is 5.91 Å². The van der Waals surface area contributed by atoms with Gasteiger partial charge in [-0.15, -0.1) is 11.3 Å². The fourth-order valence-corrected chi connectivity index (χ4v) is 3.77. The first-order chi connectivity index (χ1) is 13.5. The number of rotatable bonds is 5. The normalized spacial score (nSPS) is 11.4. The number of ether oxygens (including phenoxy) is 1. The molecule has 0 aliphatic carbocycles. The maximum atomic E-state index is 12.7. The van der Waals surface area contributed by atoms with Gasteiger partial charge in [0.15, 0.2) is 5.60 Å². The van der Waals surface area contributed by atoms with E-state index in [2.05, 4.69) is 16.4 Å². The Kier molecular flexibility index (Phi) is 4.84. The van der Waals surface area contributed by atoms with Crippen LogP contribution in [0.5, 0.6) is 5.75 Å². The van der Waals surface area contributed by atoms with Crippen molar-refractivity contribution in [1.82, 2.24) is 4.98 Å². The van der Waals surface area contributed by atoms with E-state index in [0.717, 1.165) is 26.5 Å². The highest BCUT2D eigenvalue weighted by Gasteiger charge is 2.30. The topological polar surface area (TPSA) is 51.2 Å². The largest absolute Gasteiger partial charge is 0.478 e. The van der Waals surface area contributed by atoms with E-state index in [9.17, 15) is 4.79 Å². The number of benzene rings is 3. The zero-order chi connectivity index (χ0) is 19.6. The molecule has 0 fully saturated rings. The average Bonchev–Trinajstić information content (AvgIpc) is 3.13. The van der Waals surface area contributed by atoms with Crippen LogP contribution in [0.15, 0.2) is 78.9 Å². The van der Waals surface area contributed by atoms with Crippen molar-refractivity contribution >= 4 is 33.1 Å². The first-order valence-electron chi connectivity index (χ1n) is 9.03. The van der Waals surface area contributed by atoms with Gasteiger partial charge in [0.05, 0.1) is 10.2 Å². The standard InChI is InChI=1S/C23H20N2O2S/c1-23(2,27-18-8-4-3-5-9-18)22(26)24-17-14-12-16(13-15-17)21-25-19-10-6-7-11-20(19)28-21/h3-15H,1-2H3,(H,24,26). The fourth-order valence-electron chi connectivity index (χ4n) is 2.80. The van der Waals surface area contributed by atoms with Crippen molar-refractivity contribution in [2.45, 2.75) is 19.4 Å². The minimum Gasteiger partial charge on any atom is -0.478 e. The molecule has 0 aliphatic heterocycles. The van der Waals surface area contributed by atoms with Gasteiger partial charge in [0.1, 0.15) is 10.8 Å². The molecular weight excluding hydrogens is 368 g/mol. The van der Waals surface area contributed by atoms with Gasteiger partial charge in [-0.25, -0.2) is 4.98 Å². The van der Waals surface area contributed by atoms with Gasteiger partial charge in [-0.3, -0.25) is 4.79 Å². The van der Waals surface area contributed by atoms with Gasteiger partial charge < -0.3 is 10.1 Å². The number of fused-ring (bicyclic) bond motifs is 1. The Morgan fingerprint density at radius 2 is 1.61 bits per heavy atom. The summed E-state index contributed by atoms with van der Waals surface area (Å²) >= 11 is 1.66. The number of anilines is 1. The summed E-state index contributed by atoms with van der Waals surface area (Å²) < 4.78 is 7.00. The van der Waals surface area contributed by atoms with Gasteiger partial charge in [-0.1, -0.05) is 30.3 Å². The van der Waals surface area contributed by atoms with Crippen molar-refractivity contribution in [3.8, 4) is 16.3 Å². The molecule has 1 aromatic heterocycles. The van der Waals surface area contributed by atoms with E-state index in [4.69, 9.17) is 4.74 Å². The first-order valence-corrected chi connectivity index (χ1v) is 9.84. The molecule has 0 bridgehead atoms. The molecule has 0 atom stereocenters. The van der Waals surface area contributed by atoms with Crippen LogP contribution in [0.1, 0.15) is 13.8 Å². The molecular formula is C23H20N2O2S. The molecule has 4 rings (SSSR count). The number of nitrogens with zero attached hydrogens (tertiary/aromatic N) is 1. The predicted molar refractivity (Wildman–Crippen MR) is 115 cm³/mol. The van der Waals surface area contributed by atoms with Gasteiger partial charge in [-0.2, -0.15) is 0 Å². The van der Waals surface area contributed by atoms with Crippen LogP contribution in [0.25, 0.3) is 20.8 Å². The van der Waals surface area contributed by atoms with Gasteiger partial charge in [0, 0.05) is 11.3 Å². The minimum absolute atomic E-state index is 0.205. The Balaban J connectivity index is 1.47. The number of hydrogen-bond acceptors (Lipinski definition) is 4. The molecule has 0 unspecified atom stereocenters. The second kappa shape index (κ2) is 7.44. The molecule has 140 valence electrons. The maximum Gasteiger partial charge on any atom is 0.267 e. The SMILES string of the molecule is CC(C)(Oc1ccccc1)C(=O)Nc1ccc(-c2nc3ccccc3s2)cc1. The molecule has 0 aliphatic rings. The van der Waals surface area contributed by atoms with Crippen LogP contribution in [0.4, 0.5) is 5.69 Å². The van der Waals surface area contributed by atoms with E-state index in [1.807, 2.05) is 72.8 Å². The number of carbonyl (C=O) groups excluding carboxylic acids is 1. The van der Waals surface area contributed by atoms with Gasteiger partial charge >= 0.3 is 0 Å². The molecule has 0 radical (unpaired) electrons. The van der Waals surface area contributed by atoms with Crippen LogP contribution in [0, 0.1) is 0 Å². The predicted octanol–water partition coefficient (Wildman–Crippen LogP) is 5.76. The maximum absolute atomic E-state index is 12.7. The summed E-state index contributed by atoms with van der Waals surface area (Å²) in [5.74, 6) is 0.456. The monoisotopic (exact) mass is 388 g/mol. The summed E-state index contributed by atoms with van der Waals surface area (Å²) in [5, 5.41) is 3.89. The lowest BCUT2D eigenvalue weighted by Crippen LogP contribution is -2.42. The molecule has 4 nitrogen and oxygen atoms in total. The summed E-state index contributed by atoms with van der Waals surface area (Å²) in [5.41, 5.74) is 1.76. The highest BCUT2D eigenvalue weighted by molar-refractivity contribution is 7.21. The third-order valence-electron chi connectivity index (χ3n) is 4.35. The van der Waals surface area contributed by atoms with Crippen molar-refractivity contribution in [2.24, 2.45) is 0 Å². The highest BCUT2D eigenvalue weighted by atomic mass is 32.1. The van der Waals surface area contributed by atoms with Crippen molar-refractivity contribution in [3.05, 3.63) is 78.9 Å². The number of thiazole rings is 1. The van der Waals surface area contributed by atoms with E-state index in [0.29, 0.717) is 5.75 Å². The number of aromatic nitrogens is 1. The summed E-state index contributed by atoms with van der Waals surface area (Å²) in [4.78, 5) is 17.3. The second-order valence-corrected chi connectivity index (χ2v) is 7.97. The van der Waals surface area contributed by atoms with Crippen LogP contribution >= 0.6 is 11.3 Å². The molecule has 5 heteroatoms. The zero-order valence-corrected chi connectivity index (χ0v) is 16.5. The first kappa shape index (κ1) is 18.2. The highest BCUT2D eigenvalue weighted by Crippen LogP contribution is 2.30. The summed E-state index contributed by atoms with van der Waals surface area (Å²) in [6, 6.07) is 25.1. The Morgan fingerprint density at radius 3 is 2.32 bits per heavy atom. The number of carbonyl (C=O) groups is 1. The second-order valence-electron chi connectivity index (χ2n) is 6.94. The third kappa shape index (κ3) is 3.89. The quantitative estimate of drug-likeness (QED) is 0.473. The van der Waals surface area contributed by atoms with Crippen LogP contribution in [-0.2, 0) is 4.79 Å². The number of amides is 1. The van der Waals surface area contributed by atoms with Crippen LogP contribution in [0.3, 0.4) is 0 Å². The molecule has 3 aromatic carbocycles. The molecule has 28 heavy (non-hydrogen) atoms. The van der Waals surface area contributed by atoms with Gasteiger partial charge in [0.2, 0.25) is 0 Å². The summed E-state index contributed by atoms with van der Waals surface area (Å²) in [6.07, 6.45) is 0. The smallest absolute Gasteiger partial charge is 0.267 e. The lowest BCUT2D eigenvalue weighted by Gasteiger charge is -2.25. The number of para-hydroxylation sites is 2. The average molecular weight is 388 g/mol. The third-order valence-corrected chi connectivity index (χ3v) is 5.43. The van der Waals surface area contributed by atoms with Crippen molar-refractivity contribution in [2.75, 3.05) is 5.32 Å². The van der Waals surface area contributed by atoms with Crippen LogP contribution in [-0.4, -0.2) is 16.5 Å². The lowest BCUT2D eigenvalue weighted by atomic mass is 10.1. The van der Waals surface area contributed by atoms with E-state index in [1.165, 1.54) is 0 Å². The van der Waals surface area contributed by atoms with Gasteiger partial charge in [-0.05, 0) is 62.4 Å². The minimum atomic E-state index is -0.993. The van der Waals surface area contributed by atoms with Crippen molar-refractivity contribution in [1.29, 1.82) is 0 Å². The Morgan fingerprint density at radius 1 is 0.929 bits per heavy atom. The summed E-state index contributed by atoms with van der Waals surface area (Å²) in [6.45, 7) is 3.51. The lowest BCUT2D eigenvalue weighted by molar-refractivity contribution is -0.128. The fraction of sp³-hybridized carbons (Fsp3) is 0.130. The van der Waals surface area contributed by atoms with Crippen molar-refractivity contribution in [3.63, 3.8) is 0 Å². The van der Waals surface area contributed by atoms with Crippen LogP contribution < -0.4 is 10.1 Å². The van der Waals surface area contributed by atoms with Crippen molar-refractivity contribution < 1.29 is 9.53 Å². The molecule has 1 amide bonds. The Labute approximate surface area is 167 Å². The molecule has 1 N–H and O–H groups in total. The molecule has 4 aromatic rings. The summed E-state index contributed by atoms with van der Waals surface area (Å²) in [7, 11) is 0. The van der Waals surface area contributed by atoms with Crippen LogP contribution in [0.2, 0.25) is 0 Å². The molecule has 1 heterocycles. The van der Waals surface area contributed by atoms with E-state index >= 15 is 0 Å². The van der Waals surface area contributed by atoms with E-state index < -0.39 is 5.60 Å². The Hall–Kier alpha value is -3.18. The Bertz CT molecular complexity index is 1070. The molecule has 0 saturated carbocycles. The zero-order valence-electron chi connectivity index (χ0n) is 15.7. The number of hydrogen-bond donors (Lipinski definition) is 1. The molecule has 0 saturated heterocycles.